The van der Waals surface area contributed by atoms with Crippen molar-refractivity contribution in [3.63, 3.8) is 0 Å². The average Bonchev–Trinajstić information content (AvgIpc) is 2.38. The first-order valence-corrected chi connectivity index (χ1v) is 6.72. The third-order valence-electron chi connectivity index (χ3n) is 3.16. The van der Waals surface area contributed by atoms with Gasteiger partial charge in [0.15, 0.2) is 0 Å². The zero-order valence-corrected chi connectivity index (χ0v) is 11.6. The maximum atomic E-state index is 10.7. The first kappa shape index (κ1) is 15.2. The highest BCUT2D eigenvalue weighted by molar-refractivity contribution is 5.52. The molecule has 0 radical (unpaired) electrons. The lowest BCUT2D eigenvalue weighted by Crippen LogP contribution is -2.15. The molecule has 0 amide bonds. The number of pyridine rings is 1. The molecule has 0 aliphatic carbocycles. The summed E-state index contributed by atoms with van der Waals surface area (Å²) in [5.41, 5.74) is 5.53. The van der Waals surface area contributed by atoms with Crippen LogP contribution < -0.4 is 11.1 Å². The van der Waals surface area contributed by atoms with Crippen molar-refractivity contribution in [2.45, 2.75) is 39.5 Å². The molecule has 6 nitrogen and oxygen atoms in total. The van der Waals surface area contributed by atoms with Crippen LogP contribution in [0, 0.1) is 16.0 Å². The summed E-state index contributed by atoms with van der Waals surface area (Å²) in [5.74, 6) is 1.20. The molecule has 3 N–H and O–H groups in total. The van der Waals surface area contributed by atoms with E-state index in [2.05, 4.69) is 24.1 Å². The number of nitrogen functional groups attached to an aromatic ring is 1. The molecule has 19 heavy (non-hydrogen) atoms. The summed E-state index contributed by atoms with van der Waals surface area (Å²) in [5, 5.41) is 13.9. The predicted molar refractivity (Wildman–Crippen MR) is 77.1 cm³/mol. The Morgan fingerprint density at radius 1 is 1.47 bits per heavy atom. The minimum Gasteiger partial charge on any atom is -0.383 e. The van der Waals surface area contributed by atoms with E-state index in [9.17, 15) is 10.1 Å². The largest absolute Gasteiger partial charge is 0.383 e. The molecule has 1 aromatic heterocycles. The average molecular weight is 266 g/mol. The van der Waals surface area contributed by atoms with Gasteiger partial charge in [-0.05, 0) is 12.3 Å². The second kappa shape index (κ2) is 7.56. The van der Waals surface area contributed by atoms with Crippen molar-refractivity contribution < 1.29 is 4.92 Å². The molecule has 106 valence electrons. The number of nitro groups is 1. The standard InChI is InChI=1S/C13H22N4O2/c1-3-5-6-10(4-2)9-15-13-8-11(17(18)19)7-12(14)16-13/h7-8,10H,3-6,9H2,1-2H3,(H3,14,15,16). The summed E-state index contributed by atoms with van der Waals surface area (Å²) in [4.78, 5) is 14.3. The maximum Gasteiger partial charge on any atom is 0.276 e. The van der Waals surface area contributed by atoms with E-state index in [0.717, 1.165) is 19.4 Å². The molecule has 1 unspecified atom stereocenters. The van der Waals surface area contributed by atoms with Crippen LogP contribution in [0.1, 0.15) is 39.5 Å². The third kappa shape index (κ3) is 5.11. The molecular formula is C13H22N4O2. The first-order chi connectivity index (χ1) is 9.06. The summed E-state index contributed by atoms with van der Waals surface area (Å²) in [6, 6.07) is 2.68. The maximum absolute atomic E-state index is 10.7. The van der Waals surface area contributed by atoms with Gasteiger partial charge in [-0.25, -0.2) is 4.98 Å². The first-order valence-electron chi connectivity index (χ1n) is 6.72. The van der Waals surface area contributed by atoms with Crippen LogP contribution in [0.4, 0.5) is 17.3 Å². The molecule has 0 saturated heterocycles. The second-order valence-corrected chi connectivity index (χ2v) is 4.69. The minimum atomic E-state index is -0.461. The molecule has 0 saturated carbocycles. The molecule has 0 aliphatic rings. The van der Waals surface area contributed by atoms with Crippen molar-refractivity contribution in [1.29, 1.82) is 0 Å². The number of nitrogens with two attached hydrogens (primary N) is 1. The third-order valence-corrected chi connectivity index (χ3v) is 3.16. The number of anilines is 2. The van der Waals surface area contributed by atoms with Gasteiger partial charge in [0.1, 0.15) is 11.6 Å². The number of hydrogen-bond acceptors (Lipinski definition) is 5. The Morgan fingerprint density at radius 2 is 2.21 bits per heavy atom. The molecule has 6 heteroatoms. The Balaban J connectivity index is 2.63. The Morgan fingerprint density at radius 3 is 2.79 bits per heavy atom. The molecule has 0 spiro atoms. The lowest BCUT2D eigenvalue weighted by atomic mass is 9.99. The highest BCUT2D eigenvalue weighted by Gasteiger charge is 2.11. The van der Waals surface area contributed by atoms with Crippen molar-refractivity contribution in [2.24, 2.45) is 5.92 Å². The van der Waals surface area contributed by atoms with Crippen molar-refractivity contribution >= 4 is 17.3 Å². The van der Waals surface area contributed by atoms with Crippen LogP contribution in [-0.4, -0.2) is 16.5 Å². The second-order valence-electron chi connectivity index (χ2n) is 4.69. The quantitative estimate of drug-likeness (QED) is 0.556. The highest BCUT2D eigenvalue weighted by Crippen LogP contribution is 2.20. The minimum absolute atomic E-state index is 0.0309. The molecule has 1 heterocycles. The molecule has 0 aliphatic heterocycles. The van der Waals surface area contributed by atoms with Crippen LogP contribution in [0.25, 0.3) is 0 Å². The number of unbranched alkanes of at least 4 members (excludes halogenated alkanes) is 1. The van der Waals surface area contributed by atoms with E-state index in [4.69, 9.17) is 5.73 Å². The smallest absolute Gasteiger partial charge is 0.276 e. The molecule has 1 atom stereocenters. The Labute approximate surface area is 113 Å². The van der Waals surface area contributed by atoms with Crippen LogP contribution in [0.3, 0.4) is 0 Å². The van der Waals surface area contributed by atoms with Gasteiger partial charge in [-0.1, -0.05) is 33.1 Å². The summed E-state index contributed by atoms with van der Waals surface area (Å²) >= 11 is 0. The zero-order chi connectivity index (χ0) is 14.3. The fraction of sp³-hybridized carbons (Fsp3) is 0.615. The monoisotopic (exact) mass is 266 g/mol. The van der Waals surface area contributed by atoms with E-state index in [1.807, 2.05) is 0 Å². The van der Waals surface area contributed by atoms with Gasteiger partial charge in [0.05, 0.1) is 17.1 Å². The van der Waals surface area contributed by atoms with Gasteiger partial charge in [0.25, 0.3) is 5.69 Å². The number of hydrogen-bond donors (Lipinski definition) is 2. The summed E-state index contributed by atoms with van der Waals surface area (Å²) in [6.07, 6.45) is 4.62. The van der Waals surface area contributed by atoms with Gasteiger partial charge in [-0.15, -0.1) is 0 Å². The fourth-order valence-corrected chi connectivity index (χ4v) is 1.93. The Bertz CT molecular complexity index is 423. The van der Waals surface area contributed by atoms with Crippen molar-refractivity contribution in [3.05, 3.63) is 22.2 Å². The van der Waals surface area contributed by atoms with Gasteiger partial charge >= 0.3 is 0 Å². The van der Waals surface area contributed by atoms with Crippen LogP contribution in [0.5, 0.6) is 0 Å². The molecule has 1 aromatic rings. The number of rotatable bonds is 8. The van der Waals surface area contributed by atoms with Gasteiger partial charge in [-0.3, -0.25) is 10.1 Å². The van der Waals surface area contributed by atoms with Crippen LogP contribution in [0.15, 0.2) is 12.1 Å². The molecular weight excluding hydrogens is 244 g/mol. The summed E-state index contributed by atoms with van der Waals surface area (Å²) < 4.78 is 0. The Kier molecular flexibility index (Phi) is 6.05. The van der Waals surface area contributed by atoms with E-state index in [1.165, 1.54) is 25.0 Å². The van der Waals surface area contributed by atoms with Crippen molar-refractivity contribution in [1.82, 2.24) is 4.98 Å². The van der Waals surface area contributed by atoms with E-state index < -0.39 is 4.92 Å². The number of nitrogens with one attached hydrogen (secondary N) is 1. The van der Waals surface area contributed by atoms with Crippen molar-refractivity contribution in [2.75, 3.05) is 17.6 Å². The zero-order valence-electron chi connectivity index (χ0n) is 11.6. The van der Waals surface area contributed by atoms with Gasteiger partial charge in [0.2, 0.25) is 0 Å². The van der Waals surface area contributed by atoms with Gasteiger partial charge in [-0.2, -0.15) is 0 Å². The molecule has 0 aromatic carbocycles. The van der Waals surface area contributed by atoms with Crippen LogP contribution in [0.2, 0.25) is 0 Å². The summed E-state index contributed by atoms with van der Waals surface area (Å²) in [6.45, 7) is 5.09. The van der Waals surface area contributed by atoms with Gasteiger partial charge in [0, 0.05) is 6.54 Å². The summed E-state index contributed by atoms with van der Waals surface area (Å²) in [7, 11) is 0. The highest BCUT2D eigenvalue weighted by atomic mass is 16.6. The van der Waals surface area contributed by atoms with Gasteiger partial charge < -0.3 is 11.1 Å². The van der Waals surface area contributed by atoms with E-state index in [1.54, 1.807) is 0 Å². The van der Waals surface area contributed by atoms with E-state index >= 15 is 0 Å². The lowest BCUT2D eigenvalue weighted by Gasteiger charge is -2.15. The Hall–Kier alpha value is -1.85. The number of nitrogens with zero attached hydrogens (tertiary/aromatic N) is 2. The molecule has 0 bridgehead atoms. The topological polar surface area (TPSA) is 94.1 Å². The predicted octanol–water partition coefficient (Wildman–Crippen LogP) is 3.20. The van der Waals surface area contributed by atoms with E-state index in [0.29, 0.717) is 11.7 Å². The normalized spacial score (nSPS) is 12.1. The fourth-order valence-electron chi connectivity index (χ4n) is 1.93. The van der Waals surface area contributed by atoms with Crippen LogP contribution >= 0.6 is 0 Å². The van der Waals surface area contributed by atoms with Crippen molar-refractivity contribution in [3.8, 4) is 0 Å². The lowest BCUT2D eigenvalue weighted by molar-refractivity contribution is -0.384. The molecule has 1 rings (SSSR count). The SMILES string of the molecule is CCCCC(CC)CNc1cc([N+](=O)[O-])cc(N)n1. The molecule has 0 fully saturated rings. The van der Waals surface area contributed by atoms with E-state index in [-0.39, 0.29) is 11.5 Å². The van der Waals surface area contributed by atoms with Crippen LogP contribution in [-0.2, 0) is 0 Å². The number of aromatic nitrogens is 1.